The number of carboxylic acid groups (broad SMARTS) is 1. The highest BCUT2D eigenvalue weighted by Crippen LogP contribution is 2.47. The number of carbonyl (C=O) groups excluding carboxylic acids is 1. The fourth-order valence-electron chi connectivity index (χ4n) is 7.61. The Morgan fingerprint density at radius 1 is 0.788 bits per heavy atom. The van der Waals surface area contributed by atoms with Crippen molar-refractivity contribution in [2.75, 3.05) is 32.7 Å². The van der Waals surface area contributed by atoms with E-state index in [0.29, 0.717) is 16.4 Å². The van der Waals surface area contributed by atoms with Crippen molar-refractivity contribution < 1.29 is 41.0 Å². The summed E-state index contributed by atoms with van der Waals surface area (Å²) in [5, 5.41) is 15.6. The Labute approximate surface area is 298 Å². The number of aromatic nitrogens is 1. The Hall–Kier alpha value is -4.23. The first-order chi connectivity index (χ1) is 24.5. The molecule has 0 radical (unpaired) electrons. The summed E-state index contributed by atoms with van der Waals surface area (Å²) in [6.45, 7) is 4.75. The van der Waals surface area contributed by atoms with Crippen LogP contribution in [0.1, 0.15) is 50.7 Å². The Balaban J connectivity index is 1.27. The molecule has 278 valence electrons. The lowest BCUT2D eigenvalue weighted by molar-refractivity contribution is -0.236. The van der Waals surface area contributed by atoms with Crippen molar-refractivity contribution in [2.45, 2.75) is 70.9 Å². The van der Waals surface area contributed by atoms with E-state index in [-0.39, 0.29) is 6.42 Å². The fourth-order valence-corrected chi connectivity index (χ4v) is 7.61. The highest BCUT2D eigenvalue weighted by Gasteiger charge is 2.61. The maximum absolute atomic E-state index is 14.4. The van der Waals surface area contributed by atoms with Gasteiger partial charge in [0.05, 0.1) is 12.2 Å². The molecular weight excluding hydrogens is 686 g/mol. The number of nitrogens with one attached hydrogen (secondary N) is 1. The van der Waals surface area contributed by atoms with Gasteiger partial charge in [-0.05, 0) is 84.6 Å². The molecule has 1 aromatic heterocycles. The van der Waals surface area contributed by atoms with E-state index in [4.69, 9.17) is 4.98 Å². The van der Waals surface area contributed by atoms with E-state index in [2.05, 4.69) is 30.1 Å². The van der Waals surface area contributed by atoms with E-state index in [9.17, 15) is 41.0 Å². The summed E-state index contributed by atoms with van der Waals surface area (Å²) in [6.07, 6.45) is -7.73. The lowest BCUT2D eigenvalue weighted by atomic mass is 9.76. The average molecular weight is 729 g/mol. The van der Waals surface area contributed by atoms with Crippen LogP contribution in [0.2, 0.25) is 0 Å². The summed E-state index contributed by atoms with van der Waals surface area (Å²) in [7, 11) is 0. The fraction of sp³-hybridized carbons (Fsp3) is 0.462. The number of carboxylic acids is 1. The maximum atomic E-state index is 14.4. The number of halogens is 6. The third-order valence-corrected chi connectivity index (χ3v) is 10.9. The van der Waals surface area contributed by atoms with Gasteiger partial charge in [0, 0.05) is 30.1 Å². The molecule has 6 rings (SSSR count). The molecule has 0 aliphatic carbocycles. The van der Waals surface area contributed by atoms with Gasteiger partial charge in [-0.2, -0.15) is 26.3 Å². The zero-order valence-corrected chi connectivity index (χ0v) is 29.1. The van der Waals surface area contributed by atoms with Crippen molar-refractivity contribution in [3.63, 3.8) is 0 Å². The number of benzene rings is 3. The van der Waals surface area contributed by atoms with Gasteiger partial charge < -0.3 is 10.4 Å². The molecule has 2 aliphatic rings. The number of amides is 1. The molecule has 4 aromatic rings. The molecule has 3 heterocycles. The van der Waals surface area contributed by atoms with Crippen molar-refractivity contribution >= 4 is 33.4 Å². The Kier molecular flexibility index (Phi) is 10.3. The second-order valence-electron chi connectivity index (χ2n) is 15.0. The van der Waals surface area contributed by atoms with E-state index < -0.39 is 68.2 Å². The van der Waals surface area contributed by atoms with Crippen LogP contribution in [0.15, 0.2) is 66.9 Å². The Morgan fingerprint density at radius 2 is 1.37 bits per heavy atom. The SMILES string of the molecule is CC1(C)CCN(Cc2cnc(-c3cccc4c(C[C@H](NC(=O)C5(C(F)(F)F)CCN(CC(F)(F)F)CC5)C(=O)O)cccc34)c3ccccc23)CC1. The van der Waals surface area contributed by atoms with Crippen molar-refractivity contribution in [1.29, 1.82) is 0 Å². The predicted molar refractivity (Wildman–Crippen MR) is 186 cm³/mol. The zero-order chi connectivity index (χ0) is 37.5. The van der Waals surface area contributed by atoms with Crippen LogP contribution in [0.25, 0.3) is 32.8 Å². The molecule has 2 N–H and O–H groups in total. The minimum atomic E-state index is -5.10. The summed E-state index contributed by atoms with van der Waals surface area (Å²) < 4.78 is 82.0. The Morgan fingerprint density at radius 3 is 2.00 bits per heavy atom. The normalized spacial score (nSPS) is 19.1. The van der Waals surface area contributed by atoms with Gasteiger partial charge in [-0.3, -0.25) is 19.6 Å². The van der Waals surface area contributed by atoms with Gasteiger partial charge in [0.2, 0.25) is 5.91 Å². The van der Waals surface area contributed by atoms with Gasteiger partial charge >= 0.3 is 18.3 Å². The van der Waals surface area contributed by atoms with Crippen LogP contribution < -0.4 is 5.32 Å². The van der Waals surface area contributed by atoms with Crippen molar-refractivity contribution in [1.82, 2.24) is 20.1 Å². The molecule has 2 saturated heterocycles. The minimum Gasteiger partial charge on any atom is -0.480 e. The number of fused-ring (bicyclic) bond motifs is 2. The minimum absolute atomic E-state index is 0.324. The van der Waals surface area contributed by atoms with Gasteiger partial charge in [-0.1, -0.05) is 74.5 Å². The number of carbonyl (C=O) groups is 2. The first-order valence-corrected chi connectivity index (χ1v) is 17.5. The number of likely N-dealkylation sites (tertiary alicyclic amines) is 2. The van der Waals surface area contributed by atoms with Gasteiger partial charge in [-0.15, -0.1) is 0 Å². The largest absolute Gasteiger partial charge is 0.480 e. The number of piperidine rings is 2. The monoisotopic (exact) mass is 728 g/mol. The maximum Gasteiger partial charge on any atom is 0.403 e. The second-order valence-corrected chi connectivity index (χ2v) is 15.0. The molecule has 0 unspecified atom stereocenters. The highest BCUT2D eigenvalue weighted by atomic mass is 19.4. The molecule has 0 spiro atoms. The quantitative estimate of drug-likeness (QED) is 0.170. The lowest BCUT2D eigenvalue weighted by Gasteiger charge is -2.42. The van der Waals surface area contributed by atoms with Crippen LogP contribution in [-0.4, -0.2) is 82.9 Å². The smallest absolute Gasteiger partial charge is 0.403 e. The van der Waals surface area contributed by atoms with Crippen molar-refractivity contribution in [3.05, 3.63) is 78.0 Å². The third kappa shape index (κ3) is 7.90. The standard InChI is InChI=1S/C39H42F6N4O3/c1-36(2)13-17-48(18-14-36)23-26-22-46-33(30-9-4-3-8-28(26)30)31-12-6-10-27-25(7-5-11-29(27)31)21-32(34(50)51)47-35(52)37(39(43,44)45)15-19-49(20-16-37)24-38(40,41)42/h3-12,22,32H,13-21,23-24H2,1-2H3,(H,47,52)(H,50,51)/t32-/m0/s1. The summed E-state index contributed by atoms with van der Waals surface area (Å²) in [5.41, 5.74) is 0.436. The number of rotatable bonds is 9. The molecule has 0 saturated carbocycles. The van der Waals surface area contributed by atoms with E-state index in [1.54, 1.807) is 18.2 Å². The number of alkyl halides is 6. The van der Waals surface area contributed by atoms with Crippen LogP contribution >= 0.6 is 0 Å². The van der Waals surface area contributed by atoms with E-state index >= 15 is 0 Å². The number of hydrogen-bond acceptors (Lipinski definition) is 5. The molecule has 7 nitrogen and oxygen atoms in total. The topological polar surface area (TPSA) is 85.8 Å². The number of pyridine rings is 1. The zero-order valence-electron chi connectivity index (χ0n) is 29.1. The van der Waals surface area contributed by atoms with Crippen LogP contribution in [0.4, 0.5) is 26.3 Å². The summed E-state index contributed by atoms with van der Waals surface area (Å²) in [5.74, 6) is -3.09. The number of nitrogens with zero attached hydrogens (tertiary/aromatic N) is 3. The molecule has 3 aromatic carbocycles. The van der Waals surface area contributed by atoms with Gasteiger partial charge in [0.15, 0.2) is 0 Å². The van der Waals surface area contributed by atoms with E-state index in [1.807, 2.05) is 42.6 Å². The molecule has 1 amide bonds. The van der Waals surface area contributed by atoms with Crippen LogP contribution in [0.3, 0.4) is 0 Å². The Bertz CT molecular complexity index is 1940. The van der Waals surface area contributed by atoms with Crippen molar-refractivity contribution in [3.8, 4) is 11.3 Å². The summed E-state index contributed by atoms with van der Waals surface area (Å²) in [6, 6.07) is 17.1. The van der Waals surface area contributed by atoms with Gasteiger partial charge in [0.1, 0.15) is 11.5 Å². The third-order valence-electron chi connectivity index (χ3n) is 10.9. The van der Waals surface area contributed by atoms with E-state index in [0.717, 1.165) is 70.4 Å². The first kappa shape index (κ1) is 37.5. The summed E-state index contributed by atoms with van der Waals surface area (Å²) >= 11 is 0. The molecule has 2 aliphatic heterocycles. The van der Waals surface area contributed by atoms with Gasteiger partial charge in [0.25, 0.3) is 0 Å². The first-order valence-electron chi connectivity index (χ1n) is 17.5. The van der Waals surface area contributed by atoms with E-state index in [1.165, 1.54) is 0 Å². The molecule has 2 fully saturated rings. The number of aliphatic carboxylic acids is 1. The predicted octanol–water partition coefficient (Wildman–Crippen LogP) is 8.00. The molecular formula is C39H42F6N4O3. The van der Waals surface area contributed by atoms with Crippen molar-refractivity contribution in [2.24, 2.45) is 10.8 Å². The molecule has 1 atom stereocenters. The molecule has 52 heavy (non-hydrogen) atoms. The van der Waals surface area contributed by atoms with Crippen LogP contribution in [-0.2, 0) is 22.6 Å². The highest BCUT2D eigenvalue weighted by molar-refractivity contribution is 6.05. The lowest BCUT2D eigenvalue weighted by Crippen LogP contribution is -2.59. The molecule has 0 bridgehead atoms. The van der Waals surface area contributed by atoms with Crippen LogP contribution in [0, 0.1) is 10.8 Å². The van der Waals surface area contributed by atoms with Crippen LogP contribution in [0.5, 0.6) is 0 Å². The number of hydrogen-bond donors (Lipinski definition) is 2. The molecule has 13 heteroatoms. The second kappa shape index (κ2) is 14.3. The average Bonchev–Trinajstić information content (AvgIpc) is 3.08. The summed E-state index contributed by atoms with van der Waals surface area (Å²) in [4.78, 5) is 34.0. The van der Waals surface area contributed by atoms with Gasteiger partial charge in [-0.25, -0.2) is 4.79 Å².